The Morgan fingerprint density at radius 3 is 1.11 bits per heavy atom. The zero-order valence-electron chi connectivity index (χ0n) is 26.1. The molecular formula is C34H52N2O2. The zero-order chi connectivity index (χ0) is 29.1. The maximum Gasteiger partial charge on any atom is 0.124 e. The third-order valence-corrected chi connectivity index (χ3v) is 6.93. The van der Waals surface area contributed by atoms with E-state index in [2.05, 4.69) is 105 Å². The molecule has 4 heteroatoms. The van der Waals surface area contributed by atoms with Crippen molar-refractivity contribution in [2.45, 2.75) is 118 Å². The Balaban J connectivity index is 2.08. The van der Waals surface area contributed by atoms with Crippen LogP contribution in [0.1, 0.15) is 129 Å². The maximum atomic E-state index is 10.8. The first kappa shape index (κ1) is 31.6. The Kier molecular flexibility index (Phi) is 9.67. The minimum atomic E-state index is -0.0998. The summed E-state index contributed by atoms with van der Waals surface area (Å²) < 4.78 is 0. The number of rotatable bonds is 7. The quantitative estimate of drug-likeness (QED) is 0.283. The molecule has 0 atom stereocenters. The molecule has 2 N–H and O–H groups in total. The van der Waals surface area contributed by atoms with E-state index in [-0.39, 0.29) is 21.7 Å². The lowest BCUT2D eigenvalue weighted by molar-refractivity contribution is 0.464. The molecule has 0 saturated carbocycles. The normalized spacial score (nSPS) is 13.7. The Bertz CT molecular complexity index is 1070. The lowest BCUT2D eigenvalue weighted by atomic mass is 9.78. The molecule has 2 aromatic carbocycles. The first-order valence-electron chi connectivity index (χ1n) is 14.0. The Labute approximate surface area is 232 Å². The minimum absolute atomic E-state index is 0.0350. The highest BCUT2D eigenvalue weighted by Gasteiger charge is 2.25. The Morgan fingerprint density at radius 2 is 0.842 bits per heavy atom. The SMILES string of the molecule is CC(C)(C)c1cc(O)c(C=NCCCCN=Cc2c(O)cc(C(C)(C)C)cc2C(C)(C)C)c(C(C)(C)C)c1. The van der Waals surface area contributed by atoms with Crippen molar-refractivity contribution in [1.29, 1.82) is 0 Å². The second kappa shape index (κ2) is 11.6. The fraction of sp³-hybridized carbons (Fsp3) is 0.588. The van der Waals surface area contributed by atoms with Gasteiger partial charge >= 0.3 is 0 Å². The van der Waals surface area contributed by atoms with Gasteiger partial charge in [-0.15, -0.1) is 0 Å². The summed E-state index contributed by atoms with van der Waals surface area (Å²) in [5, 5.41) is 21.6. The highest BCUT2D eigenvalue weighted by atomic mass is 16.3. The molecule has 0 amide bonds. The van der Waals surface area contributed by atoms with Crippen molar-refractivity contribution in [2.75, 3.05) is 13.1 Å². The molecule has 2 aromatic rings. The van der Waals surface area contributed by atoms with Crippen molar-refractivity contribution >= 4 is 12.4 Å². The third-order valence-electron chi connectivity index (χ3n) is 6.93. The highest BCUT2D eigenvalue weighted by molar-refractivity contribution is 5.87. The van der Waals surface area contributed by atoms with E-state index in [4.69, 9.17) is 0 Å². The largest absolute Gasteiger partial charge is 0.507 e. The number of aliphatic imine (C=N–C) groups is 2. The van der Waals surface area contributed by atoms with Gasteiger partial charge < -0.3 is 10.2 Å². The fourth-order valence-corrected chi connectivity index (χ4v) is 4.37. The van der Waals surface area contributed by atoms with Crippen LogP contribution in [0.2, 0.25) is 0 Å². The van der Waals surface area contributed by atoms with Gasteiger partial charge in [0.1, 0.15) is 11.5 Å². The van der Waals surface area contributed by atoms with Gasteiger partial charge in [-0.25, -0.2) is 0 Å². The molecule has 0 unspecified atom stereocenters. The van der Waals surface area contributed by atoms with Crippen molar-refractivity contribution in [3.63, 3.8) is 0 Å². The van der Waals surface area contributed by atoms with Gasteiger partial charge in [0.25, 0.3) is 0 Å². The molecule has 0 saturated heterocycles. The molecule has 0 fully saturated rings. The molecule has 0 aromatic heterocycles. The number of unbranched alkanes of at least 4 members (excludes halogenated alkanes) is 1. The van der Waals surface area contributed by atoms with Crippen LogP contribution in [0.5, 0.6) is 11.5 Å². The van der Waals surface area contributed by atoms with Crippen LogP contribution in [0.15, 0.2) is 34.3 Å². The first-order chi connectivity index (χ1) is 17.2. The summed E-state index contributed by atoms with van der Waals surface area (Å²) in [4.78, 5) is 9.28. The maximum absolute atomic E-state index is 10.8. The lowest BCUT2D eigenvalue weighted by Crippen LogP contribution is -2.18. The second-order valence-corrected chi connectivity index (χ2v) is 14.7. The molecule has 0 radical (unpaired) electrons. The number of phenols is 2. The number of phenolic OH excluding ortho intramolecular Hbond substituents is 2. The number of benzene rings is 2. The van der Waals surface area contributed by atoms with Crippen molar-refractivity contribution < 1.29 is 10.2 Å². The summed E-state index contributed by atoms with van der Waals surface area (Å²) in [7, 11) is 0. The smallest absolute Gasteiger partial charge is 0.124 e. The predicted molar refractivity (Wildman–Crippen MR) is 165 cm³/mol. The van der Waals surface area contributed by atoms with Crippen LogP contribution in [-0.4, -0.2) is 35.7 Å². The van der Waals surface area contributed by atoms with Crippen molar-refractivity contribution in [3.05, 3.63) is 57.6 Å². The number of hydrogen-bond acceptors (Lipinski definition) is 4. The molecule has 2 rings (SSSR count). The fourth-order valence-electron chi connectivity index (χ4n) is 4.37. The van der Waals surface area contributed by atoms with Crippen molar-refractivity contribution in [3.8, 4) is 11.5 Å². The predicted octanol–water partition coefficient (Wildman–Crippen LogP) is 8.61. The summed E-state index contributed by atoms with van der Waals surface area (Å²) in [5.74, 6) is 0.588. The number of aromatic hydroxyl groups is 2. The third kappa shape index (κ3) is 8.44. The molecule has 0 aliphatic heterocycles. The topological polar surface area (TPSA) is 65.2 Å². The average molecular weight is 521 g/mol. The van der Waals surface area contributed by atoms with Gasteiger partial charge in [0.2, 0.25) is 0 Å². The van der Waals surface area contributed by atoms with E-state index in [0.717, 1.165) is 46.2 Å². The van der Waals surface area contributed by atoms with E-state index < -0.39 is 0 Å². The number of hydrogen-bond donors (Lipinski definition) is 2. The standard InChI is InChI=1S/C34H52N2O2/c1-31(2,3)23-17-27(33(7,8)9)25(29(37)19-23)21-35-15-13-14-16-36-22-26-28(34(10,11)12)18-24(20-30(26)38)32(4,5)6/h17-22,37-38H,13-16H2,1-12H3. The molecule has 0 bridgehead atoms. The molecule has 0 spiro atoms. The Morgan fingerprint density at radius 1 is 0.526 bits per heavy atom. The van der Waals surface area contributed by atoms with Gasteiger partial charge in [-0.1, -0.05) is 95.2 Å². The number of nitrogens with zero attached hydrogens (tertiary/aromatic N) is 2. The van der Waals surface area contributed by atoms with Crippen LogP contribution in [0.25, 0.3) is 0 Å². The van der Waals surface area contributed by atoms with E-state index in [0.29, 0.717) is 24.6 Å². The molecule has 0 aliphatic carbocycles. The van der Waals surface area contributed by atoms with E-state index in [1.807, 2.05) is 24.6 Å². The van der Waals surface area contributed by atoms with Gasteiger partial charge in [0.05, 0.1) is 0 Å². The molecule has 38 heavy (non-hydrogen) atoms. The Hall–Kier alpha value is -2.62. The van der Waals surface area contributed by atoms with Gasteiger partial charge in [-0.2, -0.15) is 0 Å². The summed E-state index contributed by atoms with van der Waals surface area (Å²) in [6.07, 6.45) is 5.47. The first-order valence-corrected chi connectivity index (χ1v) is 14.0. The molecule has 0 heterocycles. The van der Waals surface area contributed by atoms with Gasteiger partial charge in [0, 0.05) is 36.6 Å². The van der Waals surface area contributed by atoms with E-state index in [1.54, 1.807) is 0 Å². The van der Waals surface area contributed by atoms with Crippen molar-refractivity contribution in [1.82, 2.24) is 0 Å². The van der Waals surface area contributed by atoms with Gasteiger partial charge in [0.15, 0.2) is 0 Å². The highest BCUT2D eigenvalue weighted by Crippen LogP contribution is 2.37. The average Bonchev–Trinajstić information content (AvgIpc) is 2.73. The van der Waals surface area contributed by atoms with Crippen molar-refractivity contribution in [2.24, 2.45) is 9.98 Å². The van der Waals surface area contributed by atoms with Crippen LogP contribution in [0, 0.1) is 0 Å². The van der Waals surface area contributed by atoms with Crippen LogP contribution in [-0.2, 0) is 21.7 Å². The summed E-state index contributed by atoms with van der Waals surface area (Å²) in [6.45, 7) is 27.4. The van der Waals surface area contributed by atoms with Crippen LogP contribution >= 0.6 is 0 Å². The van der Waals surface area contributed by atoms with E-state index in [1.165, 1.54) is 0 Å². The molecule has 4 nitrogen and oxygen atoms in total. The van der Waals surface area contributed by atoms with Crippen LogP contribution in [0.4, 0.5) is 0 Å². The summed E-state index contributed by atoms with van der Waals surface area (Å²) in [6, 6.07) is 8.18. The van der Waals surface area contributed by atoms with Gasteiger partial charge in [-0.05, 0) is 68.9 Å². The van der Waals surface area contributed by atoms with E-state index in [9.17, 15) is 10.2 Å². The van der Waals surface area contributed by atoms with Gasteiger partial charge in [-0.3, -0.25) is 9.98 Å². The summed E-state index contributed by atoms with van der Waals surface area (Å²) in [5.41, 5.74) is 5.84. The molecule has 0 aliphatic rings. The van der Waals surface area contributed by atoms with E-state index >= 15 is 0 Å². The zero-order valence-corrected chi connectivity index (χ0v) is 26.1. The van der Waals surface area contributed by atoms with Crippen LogP contribution < -0.4 is 0 Å². The van der Waals surface area contributed by atoms with Crippen LogP contribution in [0.3, 0.4) is 0 Å². The molecular weight excluding hydrogens is 468 g/mol. The minimum Gasteiger partial charge on any atom is -0.507 e. The molecule has 210 valence electrons. The lowest BCUT2D eigenvalue weighted by Gasteiger charge is -2.27. The monoisotopic (exact) mass is 520 g/mol. The second-order valence-electron chi connectivity index (χ2n) is 14.7. The summed E-state index contributed by atoms with van der Waals surface area (Å²) >= 11 is 0.